The predicted octanol–water partition coefficient (Wildman–Crippen LogP) is 3.52. The number of aliphatic imine (C=N–C) groups is 1. The van der Waals surface area contributed by atoms with Gasteiger partial charge in [0.1, 0.15) is 11.6 Å². The monoisotopic (exact) mass is 546 g/mol. The van der Waals surface area contributed by atoms with Crippen LogP contribution < -0.4 is 15.1 Å². The van der Waals surface area contributed by atoms with Crippen LogP contribution in [0.15, 0.2) is 59.6 Å². The molecule has 1 aliphatic rings. The fourth-order valence-electron chi connectivity index (χ4n) is 4.00. The maximum atomic E-state index is 10.1. The standard InChI is InChI=1S/C24H30N6O.HI/c1-25-24(30-14-12-29(13-15-30)21-10-6-7-11-22(21)31)26-17-18-16-23(28(2)3)27-20-9-5-4-8-19(18)20;/h4-11,16,31H,12-15,17H2,1-3H3,(H,25,26);1H. The summed E-state index contributed by atoms with van der Waals surface area (Å²) in [5, 5.41) is 14.8. The second-order valence-corrected chi connectivity index (χ2v) is 7.91. The van der Waals surface area contributed by atoms with Crippen molar-refractivity contribution in [2.24, 2.45) is 4.99 Å². The lowest BCUT2D eigenvalue weighted by atomic mass is 10.1. The zero-order valence-electron chi connectivity index (χ0n) is 18.8. The van der Waals surface area contributed by atoms with Crippen LogP contribution in [-0.2, 0) is 6.54 Å². The van der Waals surface area contributed by atoms with Gasteiger partial charge in [0.25, 0.3) is 0 Å². The van der Waals surface area contributed by atoms with Crippen LogP contribution in [0.25, 0.3) is 10.9 Å². The molecule has 0 spiro atoms. The maximum absolute atomic E-state index is 10.1. The number of anilines is 2. The fourth-order valence-corrected chi connectivity index (χ4v) is 4.00. The molecule has 0 unspecified atom stereocenters. The van der Waals surface area contributed by atoms with Crippen LogP contribution in [0.4, 0.5) is 11.5 Å². The Balaban J connectivity index is 0.00000289. The van der Waals surface area contributed by atoms with Crippen molar-refractivity contribution in [3.8, 4) is 5.75 Å². The SMILES string of the molecule is CN=C(NCc1cc(N(C)C)nc2ccccc12)N1CCN(c2ccccc2O)CC1.I. The number of piperazine rings is 1. The molecule has 1 aromatic heterocycles. The van der Waals surface area contributed by atoms with Gasteiger partial charge in [-0.15, -0.1) is 24.0 Å². The van der Waals surface area contributed by atoms with Crippen LogP contribution in [0.1, 0.15) is 5.56 Å². The molecule has 0 amide bonds. The van der Waals surface area contributed by atoms with Crippen molar-refractivity contribution in [1.82, 2.24) is 15.2 Å². The summed E-state index contributed by atoms with van der Waals surface area (Å²) in [6, 6.07) is 17.9. The first-order valence-corrected chi connectivity index (χ1v) is 10.6. The molecule has 0 radical (unpaired) electrons. The molecule has 8 heteroatoms. The Morgan fingerprint density at radius 3 is 2.44 bits per heavy atom. The van der Waals surface area contributed by atoms with Gasteiger partial charge in [0.2, 0.25) is 0 Å². The molecular formula is C24H31IN6O. The fraction of sp³-hybridized carbons (Fsp3) is 0.333. The first-order valence-electron chi connectivity index (χ1n) is 10.6. The van der Waals surface area contributed by atoms with Crippen LogP contribution >= 0.6 is 24.0 Å². The third kappa shape index (κ3) is 5.17. The van der Waals surface area contributed by atoms with E-state index in [9.17, 15) is 5.11 Å². The average molecular weight is 546 g/mol. The molecule has 2 heterocycles. The number of nitrogens with one attached hydrogen (secondary N) is 1. The summed E-state index contributed by atoms with van der Waals surface area (Å²) in [7, 11) is 5.85. The van der Waals surface area contributed by atoms with Gasteiger partial charge in [-0.25, -0.2) is 4.98 Å². The molecule has 32 heavy (non-hydrogen) atoms. The number of aromatic hydroxyl groups is 1. The van der Waals surface area contributed by atoms with E-state index in [1.165, 1.54) is 5.56 Å². The van der Waals surface area contributed by atoms with E-state index in [4.69, 9.17) is 4.98 Å². The Hall–Kier alpha value is -2.75. The smallest absolute Gasteiger partial charge is 0.194 e. The van der Waals surface area contributed by atoms with E-state index in [1.807, 2.05) is 50.3 Å². The molecule has 3 aromatic rings. The maximum Gasteiger partial charge on any atom is 0.194 e. The summed E-state index contributed by atoms with van der Waals surface area (Å²) in [6.07, 6.45) is 0. The van der Waals surface area contributed by atoms with Gasteiger partial charge in [-0.1, -0.05) is 30.3 Å². The lowest BCUT2D eigenvalue weighted by Crippen LogP contribution is -2.52. The van der Waals surface area contributed by atoms with E-state index in [1.54, 1.807) is 6.07 Å². The number of guanidine groups is 1. The second kappa shape index (κ2) is 10.7. The summed E-state index contributed by atoms with van der Waals surface area (Å²) in [6.45, 7) is 4.03. The lowest BCUT2D eigenvalue weighted by molar-refractivity contribution is 0.369. The number of pyridine rings is 1. The molecule has 0 saturated carbocycles. The van der Waals surface area contributed by atoms with Crippen LogP contribution in [0, 0.1) is 0 Å². The van der Waals surface area contributed by atoms with Crippen LogP contribution in [0.3, 0.4) is 0 Å². The highest BCUT2D eigenvalue weighted by Gasteiger charge is 2.21. The summed E-state index contributed by atoms with van der Waals surface area (Å²) in [5.74, 6) is 2.17. The van der Waals surface area contributed by atoms with Gasteiger partial charge in [0, 0.05) is 59.3 Å². The largest absolute Gasteiger partial charge is 0.506 e. The third-order valence-electron chi connectivity index (χ3n) is 5.70. The molecule has 4 rings (SSSR count). The third-order valence-corrected chi connectivity index (χ3v) is 5.70. The van der Waals surface area contributed by atoms with E-state index < -0.39 is 0 Å². The topological polar surface area (TPSA) is 67.2 Å². The normalized spacial score (nSPS) is 14.3. The minimum absolute atomic E-state index is 0. The van der Waals surface area contributed by atoms with Crippen molar-refractivity contribution in [1.29, 1.82) is 0 Å². The highest BCUT2D eigenvalue weighted by Crippen LogP contribution is 2.27. The van der Waals surface area contributed by atoms with Crippen LogP contribution in [0.2, 0.25) is 0 Å². The molecule has 7 nitrogen and oxygen atoms in total. The van der Waals surface area contributed by atoms with Crippen molar-refractivity contribution in [2.75, 3.05) is 57.1 Å². The summed E-state index contributed by atoms with van der Waals surface area (Å²) in [4.78, 5) is 15.8. The molecule has 0 atom stereocenters. The number of hydrogen-bond donors (Lipinski definition) is 2. The number of phenolic OH excluding ortho intramolecular Hbond substituents is 1. The van der Waals surface area contributed by atoms with Crippen molar-refractivity contribution in [3.05, 3.63) is 60.2 Å². The Kier molecular flexibility index (Phi) is 8.00. The van der Waals surface area contributed by atoms with E-state index in [0.717, 1.165) is 54.5 Å². The van der Waals surface area contributed by atoms with Gasteiger partial charge in [-0.3, -0.25) is 4.99 Å². The molecule has 2 N–H and O–H groups in total. The number of aromatic nitrogens is 1. The molecule has 1 saturated heterocycles. The van der Waals surface area contributed by atoms with E-state index >= 15 is 0 Å². The number of benzene rings is 2. The zero-order chi connectivity index (χ0) is 21.8. The Morgan fingerprint density at radius 2 is 1.75 bits per heavy atom. The van der Waals surface area contributed by atoms with Gasteiger partial charge in [0.05, 0.1) is 11.2 Å². The van der Waals surface area contributed by atoms with Crippen molar-refractivity contribution < 1.29 is 5.11 Å². The quantitative estimate of drug-likeness (QED) is 0.297. The molecule has 0 aliphatic carbocycles. The van der Waals surface area contributed by atoms with Crippen LogP contribution in [0.5, 0.6) is 5.75 Å². The van der Waals surface area contributed by atoms with Crippen LogP contribution in [-0.4, -0.2) is 68.3 Å². The highest BCUT2D eigenvalue weighted by molar-refractivity contribution is 14.0. The molecule has 1 aliphatic heterocycles. The average Bonchev–Trinajstić information content (AvgIpc) is 2.80. The lowest BCUT2D eigenvalue weighted by Gasteiger charge is -2.37. The molecule has 2 aromatic carbocycles. The van der Waals surface area contributed by atoms with Crippen molar-refractivity contribution >= 4 is 52.3 Å². The number of nitrogens with zero attached hydrogens (tertiary/aromatic N) is 5. The number of para-hydroxylation sites is 3. The van der Waals surface area contributed by atoms with Gasteiger partial charge in [-0.2, -0.15) is 0 Å². The minimum Gasteiger partial charge on any atom is -0.506 e. The second-order valence-electron chi connectivity index (χ2n) is 7.91. The summed E-state index contributed by atoms with van der Waals surface area (Å²) in [5.41, 5.74) is 3.09. The number of halogens is 1. The number of fused-ring (bicyclic) bond motifs is 1. The number of rotatable bonds is 4. The summed E-state index contributed by atoms with van der Waals surface area (Å²) >= 11 is 0. The van der Waals surface area contributed by atoms with E-state index in [0.29, 0.717) is 12.3 Å². The zero-order valence-corrected chi connectivity index (χ0v) is 21.2. The predicted molar refractivity (Wildman–Crippen MR) is 144 cm³/mol. The van der Waals surface area contributed by atoms with Gasteiger partial charge in [-0.05, 0) is 29.8 Å². The Morgan fingerprint density at radius 1 is 1.06 bits per heavy atom. The van der Waals surface area contributed by atoms with Gasteiger partial charge in [0.15, 0.2) is 5.96 Å². The first kappa shape index (κ1) is 23.9. The first-order chi connectivity index (χ1) is 15.1. The summed E-state index contributed by atoms with van der Waals surface area (Å²) < 4.78 is 0. The van der Waals surface area contributed by atoms with Gasteiger partial charge < -0.3 is 25.1 Å². The molecule has 170 valence electrons. The highest BCUT2D eigenvalue weighted by atomic mass is 127. The Bertz CT molecular complexity index is 1080. The van der Waals surface area contributed by atoms with E-state index in [2.05, 4.69) is 44.4 Å². The van der Waals surface area contributed by atoms with Crippen molar-refractivity contribution in [3.63, 3.8) is 0 Å². The van der Waals surface area contributed by atoms with Crippen molar-refractivity contribution in [2.45, 2.75) is 6.54 Å². The minimum atomic E-state index is 0. The molecule has 0 bridgehead atoms. The van der Waals surface area contributed by atoms with E-state index in [-0.39, 0.29) is 24.0 Å². The number of phenols is 1. The van der Waals surface area contributed by atoms with Gasteiger partial charge >= 0.3 is 0 Å². The molecular weight excluding hydrogens is 515 g/mol. The Labute approximate surface area is 206 Å². The number of hydrogen-bond acceptors (Lipinski definition) is 5. The molecule has 1 fully saturated rings.